The molecule has 228 valence electrons. The van der Waals surface area contributed by atoms with Gasteiger partial charge in [0.15, 0.2) is 5.78 Å². The highest BCUT2D eigenvalue weighted by Gasteiger charge is 2.46. The molecule has 0 N–H and O–H groups in total. The molecule has 1 heterocycles. The predicted molar refractivity (Wildman–Crippen MR) is 161 cm³/mol. The van der Waals surface area contributed by atoms with Gasteiger partial charge in [0.1, 0.15) is 22.8 Å². The Morgan fingerprint density at radius 2 is 1.53 bits per heavy atom. The first-order chi connectivity index (χ1) is 21.3. The molecule has 45 heavy (non-hydrogen) atoms. The summed E-state index contributed by atoms with van der Waals surface area (Å²) in [6.45, 7) is 0.921. The van der Waals surface area contributed by atoms with E-state index in [2.05, 4.69) is 0 Å². The van der Waals surface area contributed by atoms with Crippen LogP contribution in [0.15, 0.2) is 89.8 Å². The topological polar surface area (TPSA) is 161 Å². The average Bonchev–Trinajstić information content (AvgIpc) is 3.26. The molecule has 1 aliphatic heterocycles. The van der Waals surface area contributed by atoms with E-state index in [-0.39, 0.29) is 37.4 Å². The molecule has 0 saturated carbocycles. The number of halogens is 2. The van der Waals surface area contributed by atoms with Crippen molar-refractivity contribution in [1.82, 2.24) is 10.0 Å². The molecule has 5 rings (SSSR count). The molecule has 3 amide bonds. The van der Waals surface area contributed by atoms with E-state index in [9.17, 15) is 37.7 Å². The maximum Gasteiger partial charge on any atom is 0.339 e. The molecule has 4 aromatic rings. The van der Waals surface area contributed by atoms with Crippen molar-refractivity contribution in [3.63, 3.8) is 0 Å². The number of carbonyl (C=O) groups excluding carboxylic acids is 4. The van der Waals surface area contributed by atoms with Crippen LogP contribution in [0.4, 0.5) is 5.69 Å². The highest BCUT2D eigenvalue weighted by Crippen LogP contribution is 2.33. The maximum absolute atomic E-state index is 13.7. The minimum atomic E-state index is -4.18. The van der Waals surface area contributed by atoms with Gasteiger partial charge in [-0.15, -0.1) is 0 Å². The van der Waals surface area contributed by atoms with E-state index in [0.717, 1.165) is 11.6 Å². The predicted octanol–water partition coefficient (Wildman–Crippen LogP) is 5.51. The molecule has 0 saturated heterocycles. The van der Waals surface area contributed by atoms with Crippen LogP contribution in [0.2, 0.25) is 10.0 Å². The fourth-order valence-corrected chi connectivity index (χ4v) is 5.67. The lowest BCUT2D eigenvalue weighted by atomic mass is 10.1. The standard InChI is InChI=1S/C30H19Cl2N3O9S/c1-17-5-12-21(13-6-17)45(42,43)44-20-10-7-18(8-11-20)26(36)16-33(28(37)19-9-14-23(31)24(32)15-19)34-29(38)22-3-2-4-25(35(40)41)27(22)30(34)39/h2-15H,16H2,1H3. The highest BCUT2D eigenvalue weighted by atomic mass is 35.5. The summed E-state index contributed by atoms with van der Waals surface area (Å²) >= 11 is 12.0. The Bertz CT molecular complexity index is 2020. The molecular weight excluding hydrogens is 649 g/mol. The molecular formula is C30H19Cl2N3O9S. The van der Waals surface area contributed by atoms with Gasteiger partial charge in [0.25, 0.3) is 23.4 Å². The van der Waals surface area contributed by atoms with Gasteiger partial charge in [0.05, 0.1) is 20.5 Å². The van der Waals surface area contributed by atoms with Crippen molar-refractivity contribution >= 4 is 62.5 Å². The highest BCUT2D eigenvalue weighted by molar-refractivity contribution is 7.87. The number of nitrogens with zero attached hydrogens (tertiary/aromatic N) is 3. The van der Waals surface area contributed by atoms with Crippen molar-refractivity contribution in [3.8, 4) is 5.75 Å². The third-order valence-corrected chi connectivity index (χ3v) is 8.70. The van der Waals surface area contributed by atoms with E-state index in [0.29, 0.717) is 10.0 Å². The van der Waals surface area contributed by atoms with E-state index < -0.39 is 56.3 Å². The minimum Gasteiger partial charge on any atom is -0.379 e. The summed E-state index contributed by atoms with van der Waals surface area (Å²) in [5.74, 6) is -4.15. The summed E-state index contributed by atoms with van der Waals surface area (Å²) in [5, 5.41) is 12.6. The largest absolute Gasteiger partial charge is 0.379 e. The van der Waals surface area contributed by atoms with E-state index in [1.165, 1.54) is 66.7 Å². The van der Waals surface area contributed by atoms with E-state index in [1.54, 1.807) is 19.1 Å². The molecule has 4 aromatic carbocycles. The monoisotopic (exact) mass is 667 g/mol. The summed E-state index contributed by atoms with van der Waals surface area (Å²) in [4.78, 5) is 64.6. The van der Waals surface area contributed by atoms with Crippen molar-refractivity contribution in [3.05, 3.63) is 133 Å². The van der Waals surface area contributed by atoms with Crippen LogP contribution in [0, 0.1) is 17.0 Å². The number of imide groups is 1. The molecule has 1 aliphatic rings. The molecule has 0 bridgehead atoms. The lowest BCUT2D eigenvalue weighted by Gasteiger charge is -2.29. The van der Waals surface area contributed by atoms with Gasteiger partial charge in [-0.25, -0.2) is 5.01 Å². The molecule has 0 aromatic heterocycles. The molecule has 0 spiro atoms. The number of aryl methyl sites for hydroxylation is 1. The number of ketones is 1. The van der Waals surface area contributed by atoms with Crippen LogP contribution in [-0.2, 0) is 10.1 Å². The van der Waals surface area contributed by atoms with Gasteiger partial charge < -0.3 is 4.18 Å². The quantitative estimate of drug-likeness (QED) is 0.0736. The lowest BCUT2D eigenvalue weighted by Crippen LogP contribution is -2.51. The Kier molecular flexibility index (Phi) is 8.43. The Hall–Kier alpha value is -5.11. The molecule has 0 fully saturated rings. The first-order valence-electron chi connectivity index (χ1n) is 12.9. The van der Waals surface area contributed by atoms with Gasteiger partial charge in [-0.3, -0.25) is 29.3 Å². The molecule has 0 aliphatic carbocycles. The Morgan fingerprint density at radius 1 is 0.889 bits per heavy atom. The average molecular weight is 668 g/mol. The summed E-state index contributed by atoms with van der Waals surface area (Å²) in [6.07, 6.45) is 0. The zero-order chi connectivity index (χ0) is 32.6. The number of benzene rings is 4. The van der Waals surface area contributed by atoms with Crippen LogP contribution in [-0.4, -0.2) is 53.4 Å². The normalized spacial score (nSPS) is 12.6. The molecule has 0 radical (unpaired) electrons. The SMILES string of the molecule is Cc1ccc(S(=O)(=O)Oc2ccc(C(=O)CN(C(=O)c3ccc(Cl)c(Cl)c3)N3C(=O)c4cccc([N+](=O)[O-])c4C3=O)cc2)cc1. The lowest BCUT2D eigenvalue weighted by molar-refractivity contribution is -0.385. The van der Waals surface area contributed by atoms with Gasteiger partial charge in [0, 0.05) is 17.2 Å². The number of nitro benzene ring substituents is 1. The number of nitro groups is 1. The van der Waals surface area contributed by atoms with Crippen molar-refractivity contribution in [2.24, 2.45) is 0 Å². The molecule has 12 nitrogen and oxygen atoms in total. The van der Waals surface area contributed by atoms with E-state index in [1.807, 2.05) is 0 Å². The second-order valence-corrected chi connectivity index (χ2v) is 12.0. The molecule has 0 atom stereocenters. The minimum absolute atomic E-state index is 0.0250. The Balaban J connectivity index is 1.45. The van der Waals surface area contributed by atoms with Crippen molar-refractivity contribution in [2.75, 3.05) is 6.54 Å². The van der Waals surface area contributed by atoms with E-state index >= 15 is 0 Å². The summed E-state index contributed by atoms with van der Waals surface area (Å²) < 4.78 is 30.4. The fourth-order valence-electron chi connectivity index (χ4n) is 4.44. The molecule has 0 unspecified atom stereocenters. The second kappa shape index (κ2) is 12.1. The van der Waals surface area contributed by atoms with Crippen LogP contribution in [0.1, 0.15) is 47.0 Å². The third kappa shape index (κ3) is 6.13. The first-order valence-corrected chi connectivity index (χ1v) is 15.0. The Morgan fingerprint density at radius 3 is 2.16 bits per heavy atom. The number of fused-ring (bicyclic) bond motifs is 1. The number of Topliss-reactive ketones (excluding diaryl/α,β-unsaturated/α-hetero) is 1. The van der Waals surface area contributed by atoms with Crippen LogP contribution >= 0.6 is 23.2 Å². The smallest absolute Gasteiger partial charge is 0.339 e. The van der Waals surface area contributed by atoms with Crippen LogP contribution in [0.5, 0.6) is 5.75 Å². The van der Waals surface area contributed by atoms with Gasteiger partial charge in [-0.1, -0.05) is 47.0 Å². The fraction of sp³-hybridized carbons (Fsp3) is 0.0667. The zero-order valence-corrected chi connectivity index (χ0v) is 25.3. The summed E-state index contributed by atoms with van der Waals surface area (Å²) in [6, 6.07) is 18.1. The van der Waals surface area contributed by atoms with Crippen molar-refractivity contribution in [2.45, 2.75) is 11.8 Å². The van der Waals surface area contributed by atoms with Gasteiger partial charge in [-0.2, -0.15) is 13.4 Å². The van der Waals surface area contributed by atoms with Crippen molar-refractivity contribution < 1.29 is 36.7 Å². The third-order valence-electron chi connectivity index (χ3n) is 6.70. The maximum atomic E-state index is 13.7. The number of carbonyl (C=O) groups is 4. The second-order valence-electron chi connectivity index (χ2n) is 9.67. The number of amides is 3. The number of hydrogen-bond donors (Lipinski definition) is 0. The summed E-state index contributed by atoms with van der Waals surface area (Å²) in [7, 11) is -4.18. The van der Waals surface area contributed by atoms with Crippen molar-refractivity contribution in [1.29, 1.82) is 0 Å². The number of hydrazine groups is 1. The Labute approximate surface area is 265 Å². The first kappa shape index (κ1) is 31.3. The summed E-state index contributed by atoms with van der Waals surface area (Å²) in [5.41, 5.74) is -0.855. The molecule has 15 heteroatoms. The van der Waals surface area contributed by atoms with E-state index in [4.69, 9.17) is 27.4 Å². The van der Waals surface area contributed by atoms with Crippen LogP contribution in [0.25, 0.3) is 0 Å². The zero-order valence-electron chi connectivity index (χ0n) is 23.0. The number of rotatable bonds is 9. The van der Waals surface area contributed by atoms with Gasteiger partial charge >= 0.3 is 10.1 Å². The number of hydrogen-bond acceptors (Lipinski definition) is 9. The van der Waals surface area contributed by atoms with Gasteiger partial charge in [0.2, 0.25) is 0 Å². The van der Waals surface area contributed by atoms with Gasteiger partial charge in [-0.05, 0) is 67.6 Å². The van der Waals surface area contributed by atoms with Crippen LogP contribution in [0.3, 0.4) is 0 Å². The van der Waals surface area contributed by atoms with Crippen LogP contribution < -0.4 is 4.18 Å².